The average molecular weight is 502 g/mol. The molecule has 35 heavy (non-hydrogen) atoms. The lowest BCUT2D eigenvalue weighted by Gasteiger charge is -2.44. The Morgan fingerprint density at radius 1 is 1.31 bits per heavy atom. The van der Waals surface area contributed by atoms with Gasteiger partial charge in [-0.2, -0.15) is 0 Å². The third-order valence-electron chi connectivity index (χ3n) is 6.37. The number of aromatic nitrogens is 2. The highest BCUT2D eigenvalue weighted by atomic mass is 35.5. The zero-order valence-corrected chi connectivity index (χ0v) is 21.3. The first-order valence-corrected chi connectivity index (χ1v) is 12.4. The molecular weight excluding hydrogens is 470 g/mol. The first-order chi connectivity index (χ1) is 16.6. The van der Waals surface area contributed by atoms with Crippen LogP contribution in [0.15, 0.2) is 24.5 Å². The molecule has 1 saturated carbocycles. The van der Waals surface area contributed by atoms with Gasteiger partial charge in [-0.25, -0.2) is 4.98 Å². The highest BCUT2D eigenvalue weighted by Gasteiger charge is 2.53. The van der Waals surface area contributed by atoms with Gasteiger partial charge in [-0.15, -0.1) is 0 Å². The number of ether oxygens (including phenoxy) is 1. The van der Waals surface area contributed by atoms with Crippen molar-refractivity contribution in [2.24, 2.45) is 0 Å². The van der Waals surface area contributed by atoms with E-state index in [2.05, 4.69) is 15.6 Å². The zero-order chi connectivity index (χ0) is 25.3. The Hall–Kier alpha value is -2.91. The summed E-state index contributed by atoms with van der Waals surface area (Å²) in [6.07, 6.45) is 3.93. The number of hydrogen-bond donors (Lipinski definition) is 2. The summed E-state index contributed by atoms with van der Waals surface area (Å²) in [5, 5.41) is 6.27. The predicted molar refractivity (Wildman–Crippen MR) is 133 cm³/mol. The molecule has 1 aliphatic heterocycles. The number of rotatable bonds is 9. The molecule has 1 aromatic carbocycles. The summed E-state index contributed by atoms with van der Waals surface area (Å²) in [6.45, 7) is 8.81. The first-order valence-electron chi connectivity index (χ1n) is 12.0. The van der Waals surface area contributed by atoms with Crippen LogP contribution in [0, 0.1) is 6.92 Å². The fraction of sp³-hybridized carbons (Fsp3) is 0.520. The summed E-state index contributed by atoms with van der Waals surface area (Å²) >= 11 is 6.17. The molecule has 1 atom stereocenters. The summed E-state index contributed by atoms with van der Waals surface area (Å²) in [5.74, 6) is -1.08. The van der Waals surface area contributed by atoms with Crippen LogP contribution in [0.25, 0.3) is 0 Å². The monoisotopic (exact) mass is 501 g/mol. The van der Waals surface area contributed by atoms with Gasteiger partial charge in [-0.3, -0.25) is 14.4 Å². The van der Waals surface area contributed by atoms with Crippen molar-refractivity contribution in [2.45, 2.75) is 71.2 Å². The molecule has 2 heterocycles. The number of imidazole rings is 1. The smallest absolute Gasteiger partial charge is 0.276 e. The van der Waals surface area contributed by atoms with Crippen LogP contribution in [0.4, 0.5) is 5.69 Å². The summed E-state index contributed by atoms with van der Waals surface area (Å²) < 4.78 is 7.14. The largest absolute Gasteiger partial charge is 0.379 e. The van der Waals surface area contributed by atoms with Gasteiger partial charge in [-0.05, 0) is 64.7 Å². The summed E-state index contributed by atoms with van der Waals surface area (Å²) in [6, 6.07) is 5.18. The van der Waals surface area contributed by atoms with Crippen LogP contribution in [-0.4, -0.2) is 63.0 Å². The lowest BCUT2D eigenvalue weighted by molar-refractivity contribution is -0.133. The SMILES string of the molecule is Cc1ccc(NC(=O)c2ncn3c2C(=O)N(C2CC2)[C@](C)(C(=O)NCCCOC(C)C)C3)cc1Cl. The van der Waals surface area contributed by atoms with Crippen LogP contribution in [-0.2, 0) is 16.1 Å². The van der Waals surface area contributed by atoms with Crippen molar-refractivity contribution < 1.29 is 19.1 Å². The van der Waals surface area contributed by atoms with Gasteiger partial charge in [0.1, 0.15) is 11.2 Å². The summed E-state index contributed by atoms with van der Waals surface area (Å²) in [4.78, 5) is 45.9. The normalized spacial score (nSPS) is 19.6. The van der Waals surface area contributed by atoms with E-state index in [0.29, 0.717) is 30.3 Å². The number of nitrogens with zero attached hydrogens (tertiary/aromatic N) is 3. The van der Waals surface area contributed by atoms with E-state index in [1.54, 1.807) is 34.6 Å². The average Bonchev–Trinajstić information content (AvgIpc) is 3.53. The van der Waals surface area contributed by atoms with Crippen LogP contribution in [0.5, 0.6) is 0 Å². The molecule has 1 aromatic heterocycles. The van der Waals surface area contributed by atoms with E-state index in [1.165, 1.54) is 6.33 Å². The lowest BCUT2D eigenvalue weighted by atomic mass is 9.94. The van der Waals surface area contributed by atoms with Crippen molar-refractivity contribution >= 4 is 35.0 Å². The Morgan fingerprint density at radius 2 is 2.06 bits per heavy atom. The van der Waals surface area contributed by atoms with E-state index in [-0.39, 0.29) is 41.9 Å². The molecule has 0 unspecified atom stereocenters. The van der Waals surface area contributed by atoms with E-state index < -0.39 is 11.4 Å². The minimum atomic E-state index is -1.08. The first kappa shape index (κ1) is 25.2. The Morgan fingerprint density at radius 3 is 2.71 bits per heavy atom. The molecule has 3 amide bonds. The standard InChI is InChI=1S/C25H32ClN5O4/c1-15(2)35-11-5-10-27-24(34)25(4)13-30-14-28-20(21(30)23(33)31(25)18-8-9-18)22(32)29-17-7-6-16(3)19(26)12-17/h6-7,12,14-15,18H,5,8-11,13H2,1-4H3,(H,27,34)(H,29,32)/t25-/m0/s1. The number of halogens is 1. The molecule has 188 valence electrons. The maximum absolute atomic E-state index is 13.7. The van der Waals surface area contributed by atoms with Crippen LogP contribution in [0.1, 0.15) is 66.6 Å². The van der Waals surface area contributed by atoms with Crippen molar-refractivity contribution in [2.75, 3.05) is 18.5 Å². The number of hydrogen-bond acceptors (Lipinski definition) is 5. The Balaban J connectivity index is 1.53. The Kier molecular flexibility index (Phi) is 7.19. The van der Waals surface area contributed by atoms with Crippen LogP contribution in [0.3, 0.4) is 0 Å². The number of carbonyl (C=O) groups excluding carboxylic acids is 3. The van der Waals surface area contributed by atoms with Gasteiger partial charge in [0, 0.05) is 29.9 Å². The minimum absolute atomic E-state index is 0.0296. The van der Waals surface area contributed by atoms with Crippen LogP contribution < -0.4 is 10.6 Å². The third kappa shape index (κ3) is 5.21. The van der Waals surface area contributed by atoms with E-state index in [1.807, 2.05) is 20.8 Å². The molecule has 2 N–H and O–H groups in total. The van der Waals surface area contributed by atoms with E-state index in [9.17, 15) is 14.4 Å². The van der Waals surface area contributed by atoms with Crippen molar-refractivity contribution in [1.29, 1.82) is 0 Å². The molecule has 10 heteroatoms. The third-order valence-corrected chi connectivity index (χ3v) is 6.78. The number of anilines is 1. The van der Waals surface area contributed by atoms with Gasteiger partial charge >= 0.3 is 0 Å². The molecule has 2 aliphatic rings. The molecule has 1 aliphatic carbocycles. The molecule has 4 rings (SSSR count). The van der Waals surface area contributed by atoms with Gasteiger partial charge in [0.25, 0.3) is 11.8 Å². The maximum Gasteiger partial charge on any atom is 0.276 e. The van der Waals surface area contributed by atoms with Crippen molar-refractivity contribution in [3.05, 3.63) is 46.5 Å². The Bertz CT molecular complexity index is 1140. The van der Waals surface area contributed by atoms with Crippen LogP contribution >= 0.6 is 11.6 Å². The van der Waals surface area contributed by atoms with Crippen molar-refractivity contribution in [1.82, 2.24) is 19.8 Å². The summed E-state index contributed by atoms with van der Waals surface area (Å²) in [5.41, 5.74) is 0.557. The van der Waals surface area contributed by atoms with Gasteiger partial charge in [0.05, 0.1) is 19.0 Å². The number of nitrogens with one attached hydrogen (secondary N) is 2. The highest BCUT2D eigenvalue weighted by Crippen LogP contribution is 2.39. The fourth-order valence-corrected chi connectivity index (χ4v) is 4.55. The molecule has 1 fully saturated rings. The van der Waals surface area contributed by atoms with Gasteiger partial charge in [-0.1, -0.05) is 17.7 Å². The number of fused-ring (bicyclic) bond motifs is 1. The molecule has 0 bridgehead atoms. The second-order valence-corrected chi connectivity index (χ2v) is 10.1. The molecule has 0 saturated heterocycles. The van der Waals surface area contributed by atoms with Gasteiger partial charge in [0.2, 0.25) is 5.91 Å². The zero-order valence-electron chi connectivity index (χ0n) is 20.6. The van der Waals surface area contributed by atoms with Crippen molar-refractivity contribution in [3.8, 4) is 0 Å². The van der Waals surface area contributed by atoms with Gasteiger partial charge in [0.15, 0.2) is 5.69 Å². The summed E-state index contributed by atoms with van der Waals surface area (Å²) in [7, 11) is 0. The quantitative estimate of drug-likeness (QED) is 0.512. The molecule has 2 aromatic rings. The Labute approximate surface area is 210 Å². The second-order valence-electron chi connectivity index (χ2n) is 9.70. The number of carbonyl (C=O) groups is 3. The molecule has 0 radical (unpaired) electrons. The topological polar surface area (TPSA) is 106 Å². The van der Waals surface area contributed by atoms with Crippen LogP contribution in [0.2, 0.25) is 5.02 Å². The van der Waals surface area contributed by atoms with E-state index in [4.69, 9.17) is 16.3 Å². The highest BCUT2D eigenvalue weighted by molar-refractivity contribution is 6.31. The number of aryl methyl sites for hydroxylation is 1. The van der Waals surface area contributed by atoms with Gasteiger partial charge < -0.3 is 24.8 Å². The van der Waals surface area contributed by atoms with Crippen molar-refractivity contribution in [3.63, 3.8) is 0 Å². The fourth-order valence-electron chi connectivity index (χ4n) is 4.37. The number of amides is 3. The predicted octanol–water partition coefficient (Wildman–Crippen LogP) is 3.41. The number of benzene rings is 1. The molecular formula is C25H32ClN5O4. The molecule has 0 spiro atoms. The maximum atomic E-state index is 13.7. The van der Waals surface area contributed by atoms with E-state index in [0.717, 1.165) is 18.4 Å². The lowest BCUT2D eigenvalue weighted by Crippen LogP contribution is -2.64. The minimum Gasteiger partial charge on any atom is -0.379 e. The second kappa shape index (κ2) is 9.99. The van der Waals surface area contributed by atoms with E-state index >= 15 is 0 Å². The molecule has 9 nitrogen and oxygen atoms in total.